The van der Waals surface area contributed by atoms with Gasteiger partial charge in [0.1, 0.15) is 0 Å². The van der Waals surface area contributed by atoms with Gasteiger partial charge >= 0.3 is 5.97 Å². The van der Waals surface area contributed by atoms with Crippen LogP contribution in [0.5, 0.6) is 0 Å². The highest BCUT2D eigenvalue weighted by atomic mass is 16.4. The van der Waals surface area contributed by atoms with Crippen LogP contribution in [0.4, 0.5) is 0 Å². The molecule has 1 heterocycles. The van der Waals surface area contributed by atoms with Gasteiger partial charge < -0.3 is 9.67 Å². The second-order valence-electron chi connectivity index (χ2n) is 3.91. The summed E-state index contributed by atoms with van der Waals surface area (Å²) in [6.07, 6.45) is 4.31. The van der Waals surface area contributed by atoms with E-state index in [1.165, 1.54) is 5.39 Å². The zero-order valence-electron chi connectivity index (χ0n) is 9.76. The van der Waals surface area contributed by atoms with Gasteiger partial charge in [-0.2, -0.15) is 0 Å². The van der Waals surface area contributed by atoms with E-state index in [-0.39, 0.29) is 0 Å². The van der Waals surface area contributed by atoms with Crippen LogP contribution in [0.1, 0.15) is 13.3 Å². The number of para-hydroxylation sites is 1. The Balaban J connectivity index is 2.27. The summed E-state index contributed by atoms with van der Waals surface area (Å²) in [6, 6.07) is 10.1. The van der Waals surface area contributed by atoms with Crippen molar-refractivity contribution in [2.75, 3.05) is 0 Å². The molecule has 0 aliphatic heterocycles. The van der Waals surface area contributed by atoms with Crippen molar-refractivity contribution in [1.29, 1.82) is 0 Å². The van der Waals surface area contributed by atoms with Crippen LogP contribution in [0, 0.1) is 0 Å². The first-order valence-corrected chi connectivity index (χ1v) is 5.68. The molecule has 3 heteroatoms. The lowest BCUT2D eigenvalue weighted by molar-refractivity contribution is -0.132. The molecule has 0 aliphatic carbocycles. The van der Waals surface area contributed by atoms with Crippen LogP contribution in [0.25, 0.3) is 10.9 Å². The molecule has 17 heavy (non-hydrogen) atoms. The van der Waals surface area contributed by atoms with E-state index in [1.54, 1.807) is 6.08 Å². The molecule has 1 N–H and O–H groups in total. The van der Waals surface area contributed by atoms with E-state index in [0.29, 0.717) is 18.5 Å². The first-order chi connectivity index (χ1) is 8.22. The van der Waals surface area contributed by atoms with E-state index < -0.39 is 5.97 Å². The van der Waals surface area contributed by atoms with Gasteiger partial charge in [0.05, 0.1) is 0 Å². The third kappa shape index (κ3) is 2.38. The van der Waals surface area contributed by atoms with Crippen molar-refractivity contribution in [3.63, 3.8) is 0 Å². The molecule has 1 aromatic carbocycles. The predicted molar refractivity (Wildman–Crippen MR) is 67.9 cm³/mol. The minimum atomic E-state index is -0.830. The average molecular weight is 229 g/mol. The Hall–Kier alpha value is -2.03. The number of carboxylic acid groups (broad SMARTS) is 1. The average Bonchev–Trinajstić information content (AvgIpc) is 2.73. The second kappa shape index (κ2) is 4.87. The van der Waals surface area contributed by atoms with Crippen molar-refractivity contribution >= 4 is 16.9 Å². The van der Waals surface area contributed by atoms with Gasteiger partial charge in [-0.3, -0.25) is 0 Å². The molecule has 2 rings (SSSR count). The number of benzene rings is 1. The van der Waals surface area contributed by atoms with E-state index in [1.807, 2.05) is 48.0 Å². The Bertz CT molecular complexity index is 566. The van der Waals surface area contributed by atoms with Crippen LogP contribution in [-0.2, 0) is 11.3 Å². The van der Waals surface area contributed by atoms with Crippen molar-refractivity contribution in [2.45, 2.75) is 19.9 Å². The summed E-state index contributed by atoms with van der Waals surface area (Å²) >= 11 is 0. The molecule has 0 atom stereocenters. The van der Waals surface area contributed by atoms with Gasteiger partial charge in [-0.1, -0.05) is 31.2 Å². The van der Waals surface area contributed by atoms with Crippen molar-refractivity contribution in [2.24, 2.45) is 0 Å². The van der Waals surface area contributed by atoms with E-state index >= 15 is 0 Å². The van der Waals surface area contributed by atoms with Crippen molar-refractivity contribution in [3.8, 4) is 0 Å². The smallest absolute Gasteiger partial charge is 0.331 e. The van der Waals surface area contributed by atoms with E-state index in [9.17, 15) is 4.79 Å². The Morgan fingerprint density at radius 3 is 2.82 bits per heavy atom. The Kier molecular flexibility index (Phi) is 3.28. The Morgan fingerprint density at radius 2 is 2.12 bits per heavy atom. The van der Waals surface area contributed by atoms with Crippen LogP contribution >= 0.6 is 0 Å². The lowest BCUT2D eigenvalue weighted by atomic mass is 10.2. The fourth-order valence-corrected chi connectivity index (χ4v) is 1.89. The molecule has 0 saturated carbocycles. The number of hydrogen-bond donors (Lipinski definition) is 1. The zero-order chi connectivity index (χ0) is 12.3. The molecule has 0 saturated heterocycles. The molecular formula is C14H15NO2. The number of nitrogens with zero attached hydrogens (tertiary/aromatic N) is 1. The number of allylic oxidation sites excluding steroid dienone is 1. The van der Waals surface area contributed by atoms with Crippen LogP contribution in [0.3, 0.4) is 0 Å². The molecule has 0 amide bonds. The number of carboxylic acids is 1. The number of hydrogen-bond acceptors (Lipinski definition) is 1. The summed E-state index contributed by atoms with van der Waals surface area (Å²) in [5.41, 5.74) is 1.59. The molecule has 0 radical (unpaired) electrons. The molecule has 0 bridgehead atoms. The lowest BCUT2D eigenvalue weighted by Gasteiger charge is -2.03. The Labute approximate surface area is 100.0 Å². The maximum absolute atomic E-state index is 10.9. The van der Waals surface area contributed by atoms with Gasteiger partial charge in [-0.05, 0) is 23.9 Å². The molecule has 88 valence electrons. The van der Waals surface area contributed by atoms with Crippen molar-refractivity contribution in [3.05, 3.63) is 48.2 Å². The van der Waals surface area contributed by atoms with Gasteiger partial charge in [0.15, 0.2) is 0 Å². The summed E-state index contributed by atoms with van der Waals surface area (Å²) in [5, 5.41) is 10.1. The first-order valence-electron chi connectivity index (χ1n) is 5.68. The van der Waals surface area contributed by atoms with Gasteiger partial charge in [0.2, 0.25) is 0 Å². The monoisotopic (exact) mass is 229 g/mol. The predicted octanol–water partition coefficient (Wildman–Crippen LogP) is 3.06. The largest absolute Gasteiger partial charge is 0.478 e. The number of rotatable bonds is 4. The highest BCUT2D eigenvalue weighted by Gasteiger charge is 2.04. The van der Waals surface area contributed by atoms with Gasteiger partial charge in [-0.25, -0.2) is 4.79 Å². The molecule has 2 aromatic rings. The maximum Gasteiger partial charge on any atom is 0.331 e. The van der Waals surface area contributed by atoms with Crippen LogP contribution in [0.2, 0.25) is 0 Å². The second-order valence-corrected chi connectivity index (χ2v) is 3.91. The third-order valence-corrected chi connectivity index (χ3v) is 2.87. The third-order valence-electron chi connectivity index (χ3n) is 2.87. The van der Waals surface area contributed by atoms with Crippen LogP contribution in [0.15, 0.2) is 48.2 Å². The highest BCUT2D eigenvalue weighted by Crippen LogP contribution is 2.15. The fraction of sp³-hybridized carbons (Fsp3) is 0.214. The summed E-state index contributed by atoms with van der Waals surface area (Å²) in [5.74, 6) is -0.830. The summed E-state index contributed by atoms with van der Waals surface area (Å²) in [4.78, 5) is 10.9. The molecule has 0 fully saturated rings. The SMILES string of the molecule is CCC(=CCn1ccc2ccccc21)C(=O)O. The summed E-state index contributed by atoms with van der Waals surface area (Å²) in [6.45, 7) is 2.46. The van der Waals surface area contributed by atoms with Crippen molar-refractivity contribution in [1.82, 2.24) is 4.57 Å². The molecule has 0 aliphatic rings. The van der Waals surface area contributed by atoms with Gasteiger partial charge in [0, 0.05) is 23.8 Å². The number of carbonyl (C=O) groups is 1. The van der Waals surface area contributed by atoms with E-state index in [2.05, 4.69) is 0 Å². The van der Waals surface area contributed by atoms with Crippen molar-refractivity contribution < 1.29 is 9.90 Å². The van der Waals surface area contributed by atoms with E-state index in [4.69, 9.17) is 5.11 Å². The number of fused-ring (bicyclic) bond motifs is 1. The number of aliphatic carboxylic acids is 1. The summed E-state index contributed by atoms with van der Waals surface area (Å²) in [7, 11) is 0. The van der Waals surface area contributed by atoms with Gasteiger partial charge in [-0.15, -0.1) is 0 Å². The normalized spacial score (nSPS) is 11.9. The van der Waals surface area contributed by atoms with Crippen LogP contribution in [-0.4, -0.2) is 15.6 Å². The minimum Gasteiger partial charge on any atom is -0.478 e. The topological polar surface area (TPSA) is 42.2 Å². The van der Waals surface area contributed by atoms with Gasteiger partial charge in [0.25, 0.3) is 0 Å². The molecular weight excluding hydrogens is 214 g/mol. The Morgan fingerprint density at radius 1 is 1.35 bits per heavy atom. The minimum absolute atomic E-state index is 0.461. The quantitative estimate of drug-likeness (QED) is 0.819. The van der Waals surface area contributed by atoms with E-state index in [0.717, 1.165) is 5.52 Å². The lowest BCUT2D eigenvalue weighted by Crippen LogP contribution is -2.02. The highest BCUT2D eigenvalue weighted by molar-refractivity contribution is 5.86. The maximum atomic E-state index is 10.9. The van der Waals surface area contributed by atoms with Crippen LogP contribution < -0.4 is 0 Å². The molecule has 0 spiro atoms. The standard InChI is InChI=1S/C14H15NO2/c1-2-11(14(16)17)7-9-15-10-8-12-5-3-4-6-13(12)15/h3-8,10H,2,9H2,1H3,(H,16,17). The molecule has 1 aromatic heterocycles. The first kappa shape index (κ1) is 11.5. The molecule has 3 nitrogen and oxygen atoms in total. The fourth-order valence-electron chi connectivity index (χ4n) is 1.89. The summed E-state index contributed by atoms with van der Waals surface area (Å²) < 4.78 is 2.05. The zero-order valence-corrected chi connectivity index (χ0v) is 9.76. The molecule has 0 unspecified atom stereocenters. The number of aromatic nitrogens is 1.